The Bertz CT molecular complexity index is 445. The molecule has 1 aromatic carbocycles. The molecule has 1 atom stereocenters. The van der Waals surface area contributed by atoms with Crippen molar-refractivity contribution in [3.8, 4) is 0 Å². The average Bonchev–Trinajstić information content (AvgIpc) is 3.27. The number of halogens is 2. The summed E-state index contributed by atoms with van der Waals surface area (Å²) in [4.78, 5) is 2.46. The minimum absolute atomic E-state index is 0.0994. The summed E-state index contributed by atoms with van der Waals surface area (Å²) < 4.78 is 32.6. The van der Waals surface area contributed by atoms with Gasteiger partial charge in [-0.1, -0.05) is 6.07 Å². The van der Waals surface area contributed by atoms with Crippen molar-refractivity contribution in [2.75, 3.05) is 26.2 Å². The van der Waals surface area contributed by atoms with Crippen LogP contribution in [0.4, 0.5) is 8.78 Å². The lowest BCUT2D eigenvalue weighted by Crippen LogP contribution is -2.47. The molecule has 1 saturated carbocycles. The van der Waals surface area contributed by atoms with Gasteiger partial charge in [0.25, 0.3) is 0 Å². The third kappa shape index (κ3) is 3.34. The molecule has 1 saturated heterocycles. The first-order valence-corrected chi connectivity index (χ1v) is 7.23. The standard InChI is InChI=1S/C15H20F2N2O/c16-14-2-1-3-15(17)13(14)9-18-8-12-10-19(6-7-20-12)11-4-5-11/h1-3,11-12,18H,4-10H2. The molecular formula is C15H20F2N2O. The topological polar surface area (TPSA) is 24.5 Å². The highest BCUT2D eigenvalue weighted by atomic mass is 19.1. The first-order chi connectivity index (χ1) is 9.74. The summed E-state index contributed by atoms with van der Waals surface area (Å²) in [6.07, 6.45) is 2.69. The predicted molar refractivity (Wildman–Crippen MR) is 72.4 cm³/mol. The van der Waals surface area contributed by atoms with Gasteiger partial charge in [0.05, 0.1) is 12.7 Å². The van der Waals surface area contributed by atoms with Crippen molar-refractivity contribution in [1.29, 1.82) is 0 Å². The molecule has 110 valence electrons. The molecule has 5 heteroatoms. The van der Waals surface area contributed by atoms with Crippen LogP contribution in [0.1, 0.15) is 18.4 Å². The summed E-state index contributed by atoms with van der Waals surface area (Å²) in [7, 11) is 0. The molecule has 2 aliphatic rings. The molecule has 1 heterocycles. The van der Waals surface area contributed by atoms with Crippen LogP contribution in [0.15, 0.2) is 18.2 Å². The molecule has 1 aliphatic carbocycles. The molecule has 1 aromatic rings. The van der Waals surface area contributed by atoms with Crippen molar-refractivity contribution >= 4 is 0 Å². The lowest BCUT2D eigenvalue weighted by molar-refractivity contribution is -0.0302. The Labute approximate surface area is 117 Å². The van der Waals surface area contributed by atoms with Crippen LogP contribution in [0.3, 0.4) is 0 Å². The van der Waals surface area contributed by atoms with E-state index in [9.17, 15) is 8.78 Å². The largest absolute Gasteiger partial charge is 0.374 e. The Morgan fingerprint density at radius 2 is 2.00 bits per heavy atom. The van der Waals surface area contributed by atoms with E-state index in [2.05, 4.69) is 10.2 Å². The van der Waals surface area contributed by atoms with Crippen LogP contribution in [0.2, 0.25) is 0 Å². The number of rotatable bonds is 5. The third-order valence-corrected chi connectivity index (χ3v) is 3.97. The molecule has 3 rings (SSSR count). The molecule has 0 aromatic heterocycles. The summed E-state index contributed by atoms with van der Waals surface area (Å²) in [5.41, 5.74) is 0.0994. The second-order valence-electron chi connectivity index (χ2n) is 5.55. The summed E-state index contributed by atoms with van der Waals surface area (Å²) >= 11 is 0. The van der Waals surface area contributed by atoms with Gasteiger partial charge in [-0.2, -0.15) is 0 Å². The summed E-state index contributed by atoms with van der Waals surface area (Å²) in [6, 6.07) is 4.69. The van der Waals surface area contributed by atoms with Gasteiger partial charge in [0.2, 0.25) is 0 Å². The minimum atomic E-state index is -0.498. The number of nitrogens with zero attached hydrogens (tertiary/aromatic N) is 1. The van der Waals surface area contributed by atoms with Gasteiger partial charge in [0.15, 0.2) is 0 Å². The molecule has 0 bridgehead atoms. The van der Waals surface area contributed by atoms with Crippen molar-refractivity contribution in [2.24, 2.45) is 0 Å². The number of nitrogens with one attached hydrogen (secondary N) is 1. The number of ether oxygens (including phenoxy) is 1. The smallest absolute Gasteiger partial charge is 0.130 e. The van der Waals surface area contributed by atoms with Crippen LogP contribution >= 0.6 is 0 Å². The van der Waals surface area contributed by atoms with Crippen molar-refractivity contribution in [3.63, 3.8) is 0 Å². The highest BCUT2D eigenvalue weighted by Gasteiger charge is 2.32. The quantitative estimate of drug-likeness (QED) is 0.893. The van der Waals surface area contributed by atoms with E-state index < -0.39 is 11.6 Å². The maximum atomic E-state index is 13.5. The van der Waals surface area contributed by atoms with Gasteiger partial charge in [-0.3, -0.25) is 4.90 Å². The Morgan fingerprint density at radius 1 is 1.25 bits per heavy atom. The lowest BCUT2D eigenvalue weighted by Gasteiger charge is -2.33. The van der Waals surface area contributed by atoms with Gasteiger partial charge in [-0.05, 0) is 25.0 Å². The predicted octanol–water partition coefficient (Wildman–Crippen LogP) is 1.92. The number of benzene rings is 1. The van der Waals surface area contributed by atoms with E-state index >= 15 is 0 Å². The number of hydrogen-bond donors (Lipinski definition) is 1. The van der Waals surface area contributed by atoms with Gasteiger partial charge in [-0.25, -0.2) is 8.78 Å². The van der Waals surface area contributed by atoms with E-state index in [4.69, 9.17) is 4.74 Å². The maximum Gasteiger partial charge on any atom is 0.130 e. The van der Waals surface area contributed by atoms with Gasteiger partial charge in [-0.15, -0.1) is 0 Å². The van der Waals surface area contributed by atoms with E-state index in [1.54, 1.807) is 0 Å². The number of morpholine rings is 1. The van der Waals surface area contributed by atoms with Crippen LogP contribution in [0.25, 0.3) is 0 Å². The summed E-state index contributed by atoms with van der Waals surface area (Å²) in [5.74, 6) is -0.997. The second kappa shape index (κ2) is 6.16. The van der Waals surface area contributed by atoms with Gasteiger partial charge in [0, 0.05) is 37.8 Å². The zero-order valence-corrected chi connectivity index (χ0v) is 11.4. The molecule has 20 heavy (non-hydrogen) atoms. The minimum Gasteiger partial charge on any atom is -0.374 e. The molecule has 0 amide bonds. The second-order valence-corrected chi connectivity index (χ2v) is 5.55. The average molecular weight is 282 g/mol. The molecular weight excluding hydrogens is 262 g/mol. The summed E-state index contributed by atoms with van der Waals surface area (Å²) in [5, 5.41) is 3.10. The fourth-order valence-electron chi connectivity index (χ4n) is 2.70. The number of hydrogen-bond acceptors (Lipinski definition) is 3. The van der Waals surface area contributed by atoms with Crippen LogP contribution in [-0.4, -0.2) is 43.3 Å². The van der Waals surface area contributed by atoms with Crippen LogP contribution in [0, 0.1) is 11.6 Å². The summed E-state index contributed by atoms with van der Waals surface area (Å²) in [6.45, 7) is 3.48. The lowest BCUT2D eigenvalue weighted by atomic mass is 10.2. The molecule has 1 unspecified atom stereocenters. The molecule has 1 aliphatic heterocycles. The Hall–Kier alpha value is -1.04. The van der Waals surface area contributed by atoms with Crippen molar-refractivity contribution in [3.05, 3.63) is 35.4 Å². The van der Waals surface area contributed by atoms with Gasteiger partial charge in [0.1, 0.15) is 11.6 Å². The Kier molecular flexibility index (Phi) is 4.29. The first kappa shape index (κ1) is 13.9. The Morgan fingerprint density at radius 3 is 2.70 bits per heavy atom. The van der Waals surface area contributed by atoms with Crippen molar-refractivity contribution < 1.29 is 13.5 Å². The van der Waals surface area contributed by atoms with E-state index in [1.165, 1.54) is 31.0 Å². The zero-order valence-electron chi connectivity index (χ0n) is 11.4. The molecule has 3 nitrogen and oxygen atoms in total. The molecule has 0 spiro atoms. The van der Waals surface area contributed by atoms with Crippen molar-refractivity contribution in [2.45, 2.75) is 31.5 Å². The molecule has 0 radical (unpaired) electrons. The van der Waals surface area contributed by atoms with Crippen molar-refractivity contribution in [1.82, 2.24) is 10.2 Å². The highest BCUT2D eigenvalue weighted by Crippen LogP contribution is 2.28. The van der Waals surface area contributed by atoms with Crippen LogP contribution in [0.5, 0.6) is 0 Å². The van der Waals surface area contributed by atoms with E-state index in [0.29, 0.717) is 6.54 Å². The fraction of sp³-hybridized carbons (Fsp3) is 0.600. The SMILES string of the molecule is Fc1cccc(F)c1CNCC1CN(C2CC2)CCO1. The molecule has 1 N–H and O–H groups in total. The fourth-order valence-corrected chi connectivity index (χ4v) is 2.70. The Balaban J connectivity index is 1.47. The van der Waals surface area contributed by atoms with E-state index in [0.717, 1.165) is 25.7 Å². The van der Waals surface area contributed by atoms with Gasteiger partial charge >= 0.3 is 0 Å². The monoisotopic (exact) mass is 282 g/mol. The zero-order chi connectivity index (χ0) is 13.9. The highest BCUT2D eigenvalue weighted by molar-refractivity contribution is 5.19. The first-order valence-electron chi connectivity index (χ1n) is 7.23. The van der Waals surface area contributed by atoms with E-state index in [-0.39, 0.29) is 18.2 Å². The maximum absolute atomic E-state index is 13.5. The van der Waals surface area contributed by atoms with Crippen LogP contribution in [-0.2, 0) is 11.3 Å². The van der Waals surface area contributed by atoms with E-state index in [1.807, 2.05) is 0 Å². The molecule has 2 fully saturated rings. The third-order valence-electron chi connectivity index (χ3n) is 3.97. The van der Waals surface area contributed by atoms with Gasteiger partial charge < -0.3 is 10.1 Å². The normalized spacial score (nSPS) is 24.0. The van der Waals surface area contributed by atoms with Crippen LogP contribution < -0.4 is 5.32 Å².